The quantitative estimate of drug-likeness (QED) is 0.549. The number of nitrogens with two attached hydrogens (primary N) is 1. The molecule has 2 rings (SSSR count). The lowest BCUT2D eigenvalue weighted by Gasteiger charge is -2.17. The van der Waals surface area contributed by atoms with Gasteiger partial charge in [-0.3, -0.25) is 9.59 Å². The third-order valence-corrected chi connectivity index (χ3v) is 3.01. The second kappa shape index (κ2) is 4.79. The lowest BCUT2D eigenvalue weighted by Crippen LogP contribution is -2.32. The van der Waals surface area contributed by atoms with E-state index in [1.54, 1.807) is 18.2 Å². The molecule has 1 heterocycles. The van der Waals surface area contributed by atoms with Gasteiger partial charge in [0.05, 0.1) is 5.92 Å². The van der Waals surface area contributed by atoms with Gasteiger partial charge in [-0.05, 0) is 17.6 Å². The van der Waals surface area contributed by atoms with E-state index in [4.69, 9.17) is 15.8 Å². The van der Waals surface area contributed by atoms with Gasteiger partial charge in [0.1, 0.15) is 0 Å². The number of anilines is 1. The van der Waals surface area contributed by atoms with Gasteiger partial charge in [-0.15, -0.1) is 0 Å². The van der Waals surface area contributed by atoms with Crippen LogP contribution in [0.3, 0.4) is 0 Å². The smallest absolute Gasteiger partial charge is 0.423 e. The van der Waals surface area contributed by atoms with Crippen molar-refractivity contribution in [1.82, 2.24) is 0 Å². The van der Waals surface area contributed by atoms with Crippen molar-refractivity contribution in [2.75, 3.05) is 11.4 Å². The fourth-order valence-corrected chi connectivity index (χ4v) is 2.00. The van der Waals surface area contributed by atoms with Crippen LogP contribution in [-0.2, 0) is 9.59 Å². The SMILES string of the molecule is NC(=O)C1CC(=O)N(c2cccc(B(O)O)c2)C1. The highest BCUT2D eigenvalue weighted by Gasteiger charge is 2.34. The molecular formula is C11H13BN2O4. The Hall–Kier alpha value is -1.86. The van der Waals surface area contributed by atoms with Crippen LogP contribution in [0.2, 0.25) is 0 Å². The van der Waals surface area contributed by atoms with Crippen molar-refractivity contribution in [3.8, 4) is 0 Å². The highest BCUT2D eigenvalue weighted by Crippen LogP contribution is 2.24. The van der Waals surface area contributed by atoms with Gasteiger partial charge in [0.25, 0.3) is 0 Å². The molecule has 6 nitrogen and oxygen atoms in total. The summed E-state index contributed by atoms with van der Waals surface area (Å²) in [5.41, 5.74) is 6.01. The summed E-state index contributed by atoms with van der Waals surface area (Å²) in [5.74, 6) is -1.17. The summed E-state index contributed by atoms with van der Waals surface area (Å²) in [7, 11) is -1.59. The van der Waals surface area contributed by atoms with Gasteiger partial charge >= 0.3 is 7.12 Å². The molecule has 94 valence electrons. The zero-order valence-electron chi connectivity index (χ0n) is 9.61. The molecule has 0 aromatic heterocycles. The molecule has 0 radical (unpaired) electrons. The van der Waals surface area contributed by atoms with Gasteiger partial charge in [0.2, 0.25) is 11.8 Å². The monoisotopic (exact) mass is 248 g/mol. The van der Waals surface area contributed by atoms with Gasteiger partial charge in [0.15, 0.2) is 0 Å². The summed E-state index contributed by atoms with van der Waals surface area (Å²) in [5, 5.41) is 18.2. The first-order chi connectivity index (χ1) is 8.49. The minimum absolute atomic E-state index is 0.0985. The molecule has 1 aliphatic heterocycles. The number of rotatable bonds is 3. The zero-order valence-corrected chi connectivity index (χ0v) is 9.61. The van der Waals surface area contributed by atoms with Gasteiger partial charge in [0, 0.05) is 18.7 Å². The average molecular weight is 248 g/mol. The van der Waals surface area contributed by atoms with Gasteiger partial charge in [-0.1, -0.05) is 12.1 Å². The number of primary amides is 1. The van der Waals surface area contributed by atoms with E-state index in [0.717, 1.165) is 0 Å². The first-order valence-electron chi connectivity index (χ1n) is 5.55. The molecule has 1 saturated heterocycles. The number of hydrogen-bond donors (Lipinski definition) is 3. The molecule has 1 unspecified atom stereocenters. The molecule has 0 bridgehead atoms. The Morgan fingerprint density at radius 3 is 2.72 bits per heavy atom. The van der Waals surface area contributed by atoms with Crippen LogP contribution in [0.15, 0.2) is 24.3 Å². The fourth-order valence-electron chi connectivity index (χ4n) is 2.00. The Labute approximate surface area is 104 Å². The van der Waals surface area contributed by atoms with Crippen molar-refractivity contribution in [1.29, 1.82) is 0 Å². The Morgan fingerprint density at radius 1 is 1.44 bits per heavy atom. The predicted molar refractivity (Wildman–Crippen MR) is 65.9 cm³/mol. The van der Waals surface area contributed by atoms with Gasteiger partial charge in [-0.25, -0.2) is 0 Å². The number of amides is 2. The summed E-state index contributed by atoms with van der Waals surface area (Å²) in [6, 6.07) is 6.34. The highest BCUT2D eigenvalue weighted by atomic mass is 16.4. The molecule has 1 atom stereocenters. The fraction of sp³-hybridized carbons (Fsp3) is 0.273. The number of carbonyl (C=O) groups excluding carboxylic acids is 2. The molecule has 1 aliphatic rings. The van der Waals surface area contributed by atoms with Gasteiger partial charge in [-0.2, -0.15) is 0 Å². The Balaban J connectivity index is 2.24. The summed E-state index contributed by atoms with van der Waals surface area (Å²) in [6.45, 7) is 0.235. The van der Waals surface area contributed by atoms with Crippen LogP contribution in [-0.4, -0.2) is 35.5 Å². The lowest BCUT2D eigenvalue weighted by atomic mass is 9.80. The Morgan fingerprint density at radius 2 is 2.17 bits per heavy atom. The third-order valence-electron chi connectivity index (χ3n) is 3.01. The largest absolute Gasteiger partial charge is 0.488 e. The maximum atomic E-state index is 11.8. The van der Waals surface area contributed by atoms with Crippen LogP contribution >= 0.6 is 0 Å². The molecule has 1 aromatic rings. The molecule has 7 heteroatoms. The Kier molecular flexibility index (Phi) is 3.35. The molecule has 1 fully saturated rings. The number of carbonyl (C=O) groups is 2. The minimum Gasteiger partial charge on any atom is -0.423 e. The van der Waals surface area contributed by atoms with E-state index in [0.29, 0.717) is 11.2 Å². The van der Waals surface area contributed by atoms with Crippen molar-refractivity contribution in [3.05, 3.63) is 24.3 Å². The van der Waals surface area contributed by atoms with Crippen molar-refractivity contribution in [2.24, 2.45) is 11.7 Å². The summed E-state index contributed by atoms with van der Waals surface area (Å²) in [6.07, 6.45) is 0.0985. The molecule has 2 amide bonds. The van der Waals surface area contributed by atoms with Gasteiger partial charge < -0.3 is 20.7 Å². The van der Waals surface area contributed by atoms with E-state index in [-0.39, 0.29) is 18.9 Å². The van der Waals surface area contributed by atoms with E-state index >= 15 is 0 Å². The van der Waals surface area contributed by atoms with Crippen LogP contribution in [0.25, 0.3) is 0 Å². The van der Waals surface area contributed by atoms with Crippen LogP contribution in [0.1, 0.15) is 6.42 Å². The molecule has 0 spiro atoms. The normalized spacial score (nSPS) is 19.1. The second-order valence-electron chi connectivity index (χ2n) is 4.28. The molecule has 18 heavy (non-hydrogen) atoms. The summed E-state index contributed by atoms with van der Waals surface area (Å²) >= 11 is 0. The summed E-state index contributed by atoms with van der Waals surface area (Å²) < 4.78 is 0. The van der Waals surface area contributed by atoms with E-state index in [1.807, 2.05) is 0 Å². The van der Waals surface area contributed by atoms with Crippen LogP contribution in [0.4, 0.5) is 5.69 Å². The van der Waals surface area contributed by atoms with E-state index in [1.165, 1.54) is 11.0 Å². The van der Waals surface area contributed by atoms with E-state index < -0.39 is 18.9 Å². The van der Waals surface area contributed by atoms with E-state index in [9.17, 15) is 9.59 Å². The Bertz CT molecular complexity index is 492. The van der Waals surface area contributed by atoms with Crippen LogP contribution in [0.5, 0.6) is 0 Å². The molecular weight excluding hydrogens is 235 g/mol. The topological polar surface area (TPSA) is 104 Å². The van der Waals surface area contributed by atoms with E-state index in [2.05, 4.69) is 0 Å². The van der Waals surface area contributed by atoms with Crippen LogP contribution < -0.4 is 16.1 Å². The van der Waals surface area contributed by atoms with Crippen molar-refractivity contribution in [3.63, 3.8) is 0 Å². The minimum atomic E-state index is -1.59. The standard InChI is InChI=1S/C11H13BN2O4/c13-11(16)7-4-10(15)14(6-7)9-3-1-2-8(5-9)12(17)18/h1-3,5,7,17-18H,4,6H2,(H2,13,16). The highest BCUT2D eigenvalue weighted by molar-refractivity contribution is 6.58. The number of nitrogens with zero attached hydrogens (tertiary/aromatic N) is 1. The zero-order chi connectivity index (χ0) is 13.3. The average Bonchev–Trinajstić information content (AvgIpc) is 2.72. The first-order valence-corrected chi connectivity index (χ1v) is 5.55. The van der Waals surface area contributed by atoms with Crippen molar-refractivity contribution in [2.45, 2.75) is 6.42 Å². The molecule has 0 saturated carbocycles. The molecule has 0 aliphatic carbocycles. The first kappa shape index (κ1) is 12.6. The van der Waals surface area contributed by atoms with Crippen molar-refractivity contribution < 1.29 is 19.6 Å². The van der Waals surface area contributed by atoms with Crippen molar-refractivity contribution >= 4 is 30.1 Å². The molecule has 1 aromatic carbocycles. The number of hydrogen-bond acceptors (Lipinski definition) is 4. The second-order valence-corrected chi connectivity index (χ2v) is 4.28. The third kappa shape index (κ3) is 2.37. The van der Waals surface area contributed by atoms with Crippen LogP contribution in [0, 0.1) is 5.92 Å². The lowest BCUT2D eigenvalue weighted by molar-refractivity contribution is -0.123. The number of benzene rings is 1. The predicted octanol–water partition coefficient (Wildman–Crippen LogP) is -1.80. The maximum Gasteiger partial charge on any atom is 0.488 e. The molecule has 4 N–H and O–H groups in total. The maximum absolute atomic E-state index is 11.8. The summed E-state index contributed by atoms with van der Waals surface area (Å²) in [4.78, 5) is 24.3.